The van der Waals surface area contributed by atoms with Crippen molar-refractivity contribution in [2.24, 2.45) is 0 Å². The van der Waals surface area contributed by atoms with Crippen LogP contribution in [0.5, 0.6) is 0 Å². The third-order valence-corrected chi connectivity index (χ3v) is 2.50. The Morgan fingerprint density at radius 3 is 2.33 bits per heavy atom. The molecule has 0 bridgehead atoms. The maximum absolute atomic E-state index is 6.14. The number of benzene rings is 1. The molecular formula is C14H15Cl. The second-order valence-electron chi connectivity index (χ2n) is 3.32. The van der Waals surface area contributed by atoms with Gasteiger partial charge >= 0.3 is 0 Å². The first kappa shape index (κ1) is 11.8. The minimum absolute atomic E-state index is 0.719. The van der Waals surface area contributed by atoms with Gasteiger partial charge in [0.2, 0.25) is 0 Å². The van der Waals surface area contributed by atoms with Gasteiger partial charge in [0.25, 0.3) is 0 Å². The van der Waals surface area contributed by atoms with Crippen molar-refractivity contribution in [1.29, 1.82) is 0 Å². The van der Waals surface area contributed by atoms with Gasteiger partial charge in [-0.1, -0.05) is 60.2 Å². The first-order valence-corrected chi connectivity index (χ1v) is 5.28. The molecule has 0 fully saturated rings. The van der Waals surface area contributed by atoms with Crippen LogP contribution in [0.1, 0.15) is 18.1 Å². The third kappa shape index (κ3) is 3.10. The van der Waals surface area contributed by atoms with Crippen molar-refractivity contribution in [2.45, 2.75) is 13.8 Å². The lowest BCUT2D eigenvalue weighted by Crippen LogP contribution is -1.84. The molecule has 0 spiro atoms. The van der Waals surface area contributed by atoms with E-state index in [9.17, 15) is 0 Å². The normalized spacial score (nSPS) is 12.7. The molecule has 0 aliphatic carbocycles. The summed E-state index contributed by atoms with van der Waals surface area (Å²) >= 11 is 6.14. The van der Waals surface area contributed by atoms with Gasteiger partial charge in [-0.05, 0) is 31.1 Å². The number of halogens is 1. The molecule has 0 aliphatic heterocycles. The standard InChI is InChI=1S/C14H15Cl/c1-4-6-14(15)13(5-2)12-9-7-11(3)8-10-12/h4-10H,1H2,2-3H3/b13-5-,14-6+. The molecular weight excluding hydrogens is 204 g/mol. The molecule has 0 unspecified atom stereocenters. The molecule has 0 radical (unpaired) electrons. The summed E-state index contributed by atoms with van der Waals surface area (Å²) in [5.41, 5.74) is 3.42. The van der Waals surface area contributed by atoms with Gasteiger partial charge in [-0.25, -0.2) is 0 Å². The maximum atomic E-state index is 6.14. The summed E-state index contributed by atoms with van der Waals surface area (Å²) in [4.78, 5) is 0. The van der Waals surface area contributed by atoms with Crippen LogP contribution in [0.15, 0.2) is 54.1 Å². The third-order valence-electron chi connectivity index (χ3n) is 2.17. The molecule has 0 heterocycles. The molecule has 0 aromatic heterocycles. The van der Waals surface area contributed by atoms with Gasteiger partial charge < -0.3 is 0 Å². The molecule has 0 atom stereocenters. The summed E-state index contributed by atoms with van der Waals surface area (Å²) in [6, 6.07) is 8.31. The Kier molecular flexibility index (Phi) is 4.38. The number of aryl methyl sites for hydroxylation is 1. The summed E-state index contributed by atoms with van der Waals surface area (Å²) in [7, 11) is 0. The van der Waals surface area contributed by atoms with Crippen LogP contribution in [0.2, 0.25) is 0 Å². The Morgan fingerprint density at radius 1 is 1.27 bits per heavy atom. The fourth-order valence-corrected chi connectivity index (χ4v) is 1.68. The second kappa shape index (κ2) is 5.57. The molecule has 1 rings (SSSR count). The SMILES string of the molecule is C=C/C=C(Cl)\C(=C/C)c1ccc(C)cc1. The van der Waals surface area contributed by atoms with Crippen LogP contribution < -0.4 is 0 Å². The zero-order chi connectivity index (χ0) is 11.3. The highest BCUT2D eigenvalue weighted by Crippen LogP contribution is 2.26. The lowest BCUT2D eigenvalue weighted by molar-refractivity contribution is 1.45. The molecule has 1 aromatic rings. The molecule has 0 nitrogen and oxygen atoms in total. The molecule has 0 amide bonds. The first-order valence-electron chi connectivity index (χ1n) is 4.91. The average molecular weight is 219 g/mol. The number of rotatable bonds is 3. The smallest absolute Gasteiger partial charge is 0.0480 e. The quantitative estimate of drug-likeness (QED) is 0.645. The second-order valence-corrected chi connectivity index (χ2v) is 3.73. The Morgan fingerprint density at radius 2 is 1.87 bits per heavy atom. The van der Waals surface area contributed by atoms with Crippen LogP contribution in [0.25, 0.3) is 5.57 Å². The summed E-state index contributed by atoms with van der Waals surface area (Å²) in [6.45, 7) is 7.69. The molecule has 1 aromatic carbocycles. The van der Waals surface area contributed by atoms with Crippen molar-refractivity contribution in [3.63, 3.8) is 0 Å². The Balaban J connectivity index is 3.09. The van der Waals surface area contributed by atoms with Crippen molar-refractivity contribution in [3.8, 4) is 0 Å². The van der Waals surface area contributed by atoms with Gasteiger partial charge in [-0.2, -0.15) is 0 Å². The number of hydrogen-bond donors (Lipinski definition) is 0. The highest BCUT2D eigenvalue weighted by molar-refractivity contribution is 6.37. The lowest BCUT2D eigenvalue weighted by Gasteiger charge is -2.06. The number of hydrogen-bond acceptors (Lipinski definition) is 0. The zero-order valence-electron chi connectivity index (χ0n) is 9.13. The van der Waals surface area contributed by atoms with E-state index < -0.39 is 0 Å². The van der Waals surface area contributed by atoms with E-state index in [1.54, 1.807) is 12.2 Å². The molecule has 0 N–H and O–H groups in total. The van der Waals surface area contributed by atoms with Crippen LogP contribution in [0, 0.1) is 6.92 Å². The molecule has 0 saturated heterocycles. The molecule has 1 heteroatoms. The fraction of sp³-hybridized carbons (Fsp3) is 0.143. The van der Waals surface area contributed by atoms with Gasteiger partial charge in [-0.3, -0.25) is 0 Å². The van der Waals surface area contributed by atoms with Crippen molar-refractivity contribution in [1.82, 2.24) is 0 Å². The number of allylic oxidation sites excluding steroid dienone is 5. The van der Waals surface area contributed by atoms with Gasteiger partial charge in [0.1, 0.15) is 0 Å². The predicted molar refractivity (Wildman–Crippen MR) is 69.0 cm³/mol. The topological polar surface area (TPSA) is 0 Å². The molecule has 15 heavy (non-hydrogen) atoms. The van der Waals surface area contributed by atoms with Gasteiger partial charge in [-0.15, -0.1) is 0 Å². The summed E-state index contributed by atoms with van der Waals surface area (Å²) in [5, 5.41) is 0.719. The predicted octanol–water partition coefficient (Wildman–Crippen LogP) is 4.71. The summed E-state index contributed by atoms with van der Waals surface area (Å²) in [6.07, 6.45) is 5.50. The van der Waals surface area contributed by atoms with Crippen molar-refractivity contribution in [2.75, 3.05) is 0 Å². The monoisotopic (exact) mass is 218 g/mol. The first-order chi connectivity index (χ1) is 7.19. The van der Waals surface area contributed by atoms with Crippen molar-refractivity contribution in [3.05, 3.63) is 65.2 Å². The van der Waals surface area contributed by atoms with Crippen LogP contribution in [0.4, 0.5) is 0 Å². The maximum Gasteiger partial charge on any atom is 0.0480 e. The Bertz CT molecular complexity index is 394. The largest absolute Gasteiger partial charge is 0.0990 e. The molecule has 0 aliphatic rings. The van der Waals surface area contributed by atoms with E-state index in [-0.39, 0.29) is 0 Å². The lowest BCUT2D eigenvalue weighted by atomic mass is 10.0. The fourth-order valence-electron chi connectivity index (χ4n) is 1.37. The minimum atomic E-state index is 0.719. The van der Waals surface area contributed by atoms with Crippen LogP contribution in [-0.4, -0.2) is 0 Å². The van der Waals surface area contributed by atoms with Gasteiger partial charge in [0.15, 0.2) is 0 Å². The molecule has 78 valence electrons. The van der Waals surface area contributed by atoms with E-state index in [1.807, 2.05) is 13.0 Å². The van der Waals surface area contributed by atoms with E-state index in [0.29, 0.717) is 0 Å². The van der Waals surface area contributed by atoms with Crippen LogP contribution >= 0.6 is 11.6 Å². The summed E-state index contributed by atoms with van der Waals surface area (Å²) < 4.78 is 0. The van der Waals surface area contributed by atoms with Gasteiger partial charge in [0, 0.05) is 5.03 Å². The van der Waals surface area contributed by atoms with Crippen molar-refractivity contribution < 1.29 is 0 Å². The van der Waals surface area contributed by atoms with Gasteiger partial charge in [0.05, 0.1) is 0 Å². The summed E-state index contributed by atoms with van der Waals surface area (Å²) in [5.74, 6) is 0. The molecule has 0 saturated carbocycles. The average Bonchev–Trinajstić information content (AvgIpc) is 2.22. The highest BCUT2D eigenvalue weighted by Gasteiger charge is 2.03. The van der Waals surface area contributed by atoms with E-state index in [4.69, 9.17) is 11.6 Å². The van der Waals surface area contributed by atoms with E-state index in [2.05, 4.69) is 37.8 Å². The Labute approximate surface area is 96.6 Å². The van der Waals surface area contributed by atoms with E-state index in [0.717, 1.165) is 16.2 Å². The van der Waals surface area contributed by atoms with Crippen LogP contribution in [0.3, 0.4) is 0 Å². The van der Waals surface area contributed by atoms with E-state index >= 15 is 0 Å². The Hall–Kier alpha value is -1.27. The minimum Gasteiger partial charge on any atom is -0.0990 e. The van der Waals surface area contributed by atoms with Crippen molar-refractivity contribution >= 4 is 17.2 Å². The van der Waals surface area contributed by atoms with Crippen LogP contribution in [-0.2, 0) is 0 Å². The highest BCUT2D eigenvalue weighted by atomic mass is 35.5. The van der Waals surface area contributed by atoms with E-state index in [1.165, 1.54) is 5.56 Å². The zero-order valence-corrected chi connectivity index (χ0v) is 9.88.